The summed E-state index contributed by atoms with van der Waals surface area (Å²) in [5.41, 5.74) is -0.540. The highest BCUT2D eigenvalue weighted by molar-refractivity contribution is 5.75. The monoisotopic (exact) mass is 456 g/mol. The molecule has 1 aliphatic heterocycles. The molecule has 0 spiro atoms. The van der Waals surface area contributed by atoms with Crippen molar-refractivity contribution in [3.63, 3.8) is 0 Å². The predicted octanol–water partition coefficient (Wildman–Crippen LogP) is 4.58. The van der Waals surface area contributed by atoms with Crippen LogP contribution < -0.4 is 4.74 Å². The van der Waals surface area contributed by atoms with Crippen LogP contribution in [-0.4, -0.2) is 59.0 Å². The Hall–Kier alpha value is -3.08. The van der Waals surface area contributed by atoms with E-state index in [-0.39, 0.29) is 29.9 Å². The first kappa shape index (κ1) is 23.6. The third-order valence-corrected chi connectivity index (χ3v) is 4.96. The van der Waals surface area contributed by atoms with Crippen LogP contribution in [0.5, 0.6) is 5.75 Å². The molecule has 0 radical (unpaired) electrons. The lowest BCUT2D eigenvalue weighted by molar-refractivity contribution is -0.142. The zero-order valence-corrected chi connectivity index (χ0v) is 17.4. The minimum Gasteiger partial charge on any atom is -0.497 e. The molecule has 1 aliphatic rings. The number of benzene rings is 1. The molecule has 1 aromatic carbocycles. The summed E-state index contributed by atoms with van der Waals surface area (Å²) in [5, 5.41) is 3.61. The molecule has 4 rings (SSSR count). The number of aromatic nitrogens is 3. The van der Waals surface area contributed by atoms with Gasteiger partial charge in [-0.2, -0.15) is 18.3 Å². The number of likely N-dealkylation sites (tertiary alicyclic amines) is 1. The van der Waals surface area contributed by atoms with Crippen molar-refractivity contribution in [1.29, 1.82) is 0 Å². The quantitative estimate of drug-likeness (QED) is 0.427. The normalized spacial score (nSPS) is 16.3. The average Bonchev–Trinajstić information content (AvgIpc) is 3.18. The van der Waals surface area contributed by atoms with Crippen LogP contribution in [0.15, 0.2) is 36.4 Å². The number of hydrogen-bond acceptors (Lipinski definition) is 5. The fourth-order valence-electron chi connectivity index (χ4n) is 3.11. The highest BCUT2D eigenvalue weighted by atomic mass is 19.4. The van der Waals surface area contributed by atoms with E-state index in [9.17, 15) is 26.7 Å². The van der Waals surface area contributed by atoms with Crippen molar-refractivity contribution in [2.75, 3.05) is 27.2 Å². The summed E-state index contributed by atoms with van der Waals surface area (Å²) in [6, 6.07) is 8.57. The lowest BCUT2D eigenvalue weighted by Gasteiger charge is -2.28. The molecule has 0 unspecified atom stereocenters. The van der Waals surface area contributed by atoms with Gasteiger partial charge in [0.2, 0.25) is 0 Å². The van der Waals surface area contributed by atoms with Crippen LogP contribution in [0.3, 0.4) is 0 Å². The first-order chi connectivity index (χ1) is 15.0. The van der Waals surface area contributed by atoms with Crippen molar-refractivity contribution < 1.29 is 31.5 Å². The smallest absolute Gasteiger partial charge is 0.433 e. The van der Waals surface area contributed by atoms with Gasteiger partial charge in [0.1, 0.15) is 11.4 Å². The topological polar surface area (TPSA) is 59.7 Å². The molecule has 0 amide bonds. The number of carbonyl (C=O) groups is 1. The van der Waals surface area contributed by atoms with Gasteiger partial charge in [0.15, 0.2) is 17.6 Å². The van der Waals surface area contributed by atoms with E-state index < -0.39 is 17.8 Å². The molecule has 11 heteroatoms. The van der Waals surface area contributed by atoms with Gasteiger partial charge in [0.05, 0.1) is 12.8 Å². The van der Waals surface area contributed by atoms with E-state index in [1.807, 2.05) is 11.9 Å². The molecular weight excluding hydrogens is 435 g/mol. The number of fused-ring (bicyclic) bond motifs is 1. The molecule has 0 bridgehead atoms. The molecule has 172 valence electrons. The highest BCUT2D eigenvalue weighted by Crippen LogP contribution is 2.32. The number of carbonyl (C=O) groups excluding carboxylic acids is 1. The van der Waals surface area contributed by atoms with Gasteiger partial charge in [-0.25, -0.2) is 18.3 Å². The first-order valence-corrected chi connectivity index (χ1v) is 9.66. The summed E-state index contributed by atoms with van der Waals surface area (Å²) >= 11 is 0. The first-order valence-electron chi connectivity index (χ1n) is 9.66. The summed E-state index contributed by atoms with van der Waals surface area (Å²) in [5.74, 6) is -1.80. The number of ether oxygens (including phenoxy) is 1. The van der Waals surface area contributed by atoms with Crippen LogP contribution in [0.25, 0.3) is 16.9 Å². The number of hydrogen-bond donors (Lipinski definition) is 0. The Morgan fingerprint density at radius 2 is 1.72 bits per heavy atom. The second kappa shape index (κ2) is 9.19. The van der Waals surface area contributed by atoms with Crippen molar-refractivity contribution in [1.82, 2.24) is 19.5 Å². The van der Waals surface area contributed by atoms with Crippen molar-refractivity contribution in [2.45, 2.75) is 24.9 Å². The van der Waals surface area contributed by atoms with Crippen LogP contribution in [0, 0.1) is 0 Å². The predicted molar refractivity (Wildman–Crippen MR) is 107 cm³/mol. The molecule has 0 aliphatic carbocycles. The van der Waals surface area contributed by atoms with Crippen LogP contribution >= 0.6 is 0 Å². The van der Waals surface area contributed by atoms with E-state index in [4.69, 9.17) is 4.74 Å². The molecular formula is C21H21F5N4O2. The Balaban J connectivity index is 0.000000269. The maximum Gasteiger partial charge on any atom is 0.433 e. The average molecular weight is 456 g/mol. The summed E-state index contributed by atoms with van der Waals surface area (Å²) in [6.07, 6.45) is -4.19. The summed E-state index contributed by atoms with van der Waals surface area (Å²) in [4.78, 5) is 16.8. The van der Waals surface area contributed by atoms with Gasteiger partial charge in [-0.05, 0) is 37.4 Å². The van der Waals surface area contributed by atoms with E-state index in [0.717, 1.165) is 6.07 Å². The Labute approximate surface area is 180 Å². The Morgan fingerprint density at radius 3 is 2.22 bits per heavy atom. The lowest BCUT2D eigenvalue weighted by atomic mass is 10.1. The molecule has 3 aromatic rings. The molecule has 0 atom stereocenters. The Bertz CT molecular complexity index is 1070. The third-order valence-electron chi connectivity index (χ3n) is 4.96. The van der Waals surface area contributed by atoms with Crippen LogP contribution in [0.4, 0.5) is 22.0 Å². The number of nitrogens with zero attached hydrogens (tertiary/aromatic N) is 4. The highest BCUT2D eigenvalue weighted by Gasteiger charge is 2.35. The van der Waals surface area contributed by atoms with Crippen molar-refractivity contribution in [3.8, 4) is 17.0 Å². The summed E-state index contributed by atoms with van der Waals surface area (Å²) in [6.45, 7) is 1.07. The molecule has 6 nitrogen and oxygen atoms in total. The van der Waals surface area contributed by atoms with Gasteiger partial charge in [0.25, 0.3) is 5.92 Å². The van der Waals surface area contributed by atoms with Crippen molar-refractivity contribution in [2.24, 2.45) is 0 Å². The van der Waals surface area contributed by atoms with E-state index in [1.165, 1.54) is 13.2 Å². The lowest BCUT2D eigenvalue weighted by Crippen LogP contribution is -2.36. The number of piperidine rings is 1. The summed E-state index contributed by atoms with van der Waals surface area (Å²) in [7, 11) is 3.36. The SMILES string of the molecule is CN1CCC(F)(F)CC1.COc1ccc(-c2cc(C(F)(F)F)n3nc(C=O)cc3n2)cc1. The molecule has 1 fully saturated rings. The third kappa shape index (κ3) is 5.58. The minimum absolute atomic E-state index is 0.0312. The van der Waals surface area contributed by atoms with E-state index >= 15 is 0 Å². The fourth-order valence-corrected chi connectivity index (χ4v) is 3.11. The van der Waals surface area contributed by atoms with Gasteiger partial charge in [-0.1, -0.05) is 0 Å². The number of alkyl halides is 5. The number of aldehydes is 1. The minimum atomic E-state index is -4.63. The zero-order valence-electron chi connectivity index (χ0n) is 17.4. The molecule has 3 heterocycles. The van der Waals surface area contributed by atoms with Crippen LogP contribution in [-0.2, 0) is 6.18 Å². The molecule has 1 saturated heterocycles. The van der Waals surface area contributed by atoms with Crippen molar-refractivity contribution in [3.05, 3.63) is 47.8 Å². The van der Waals surface area contributed by atoms with Gasteiger partial charge in [0, 0.05) is 37.6 Å². The maximum absolute atomic E-state index is 13.2. The van der Waals surface area contributed by atoms with Gasteiger partial charge < -0.3 is 9.64 Å². The van der Waals surface area contributed by atoms with Gasteiger partial charge in [-0.3, -0.25) is 4.79 Å². The van der Waals surface area contributed by atoms with Gasteiger partial charge in [-0.15, -0.1) is 0 Å². The molecule has 0 N–H and O–H groups in total. The van der Waals surface area contributed by atoms with E-state index in [1.54, 1.807) is 24.3 Å². The van der Waals surface area contributed by atoms with Crippen molar-refractivity contribution >= 4 is 11.9 Å². The van der Waals surface area contributed by atoms with E-state index in [0.29, 0.717) is 35.2 Å². The van der Waals surface area contributed by atoms with Crippen LogP contribution in [0.1, 0.15) is 29.0 Å². The standard InChI is InChI=1S/C15H10F3N3O2.C6H11F2N/c1-23-11-4-2-9(3-5-11)12-7-13(15(16,17)18)21-14(19-12)6-10(8-22)20-21;1-9-4-2-6(7,8)3-5-9/h2-8H,1H3;2-5H2,1H3. The summed E-state index contributed by atoms with van der Waals surface area (Å²) < 4.78 is 70.1. The number of rotatable bonds is 3. The Morgan fingerprint density at radius 1 is 1.09 bits per heavy atom. The molecule has 32 heavy (non-hydrogen) atoms. The Kier molecular flexibility index (Phi) is 6.77. The fraction of sp³-hybridized carbons (Fsp3) is 0.381. The molecule has 2 aromatic heterocycles. The largest absolute Gasteiger partial charge is 0.497 e. The number of methoxy groups -OCH3 is 1. The molecule has 0 saturated carbocycles. The zero-order chi connectivity index (χ0) is 23.5. The van der Waals surface area contributed by atoms with Gasteiger partial charge >= 0.3 is 6.18 Å². The van der Waals surface area contributed by atoms with Crippen LogP contribution in [0.2, 0.25) is 0 Å². The van der Waals surface area contributed by atoms with E-state index in [2.05, 4.69) is 10.1 Å². The second-order valence-electron chi connectivity index (χ2n) is 7.37. The maximum atomic E-state index is 13.2. The second-order valence-corrected chi connectivity index (χ2v) is 7.37. The number of halogens is 5.